The standard InChI is InChI=1S/C19H29FO2Si.C10H9FO2/c1-13(2)23(14(3)4,15(5)6)10-9-16-7-8-17(18(20)11-16)19(22)12-21;1-2-7-3-4-8(9(11)5-7)10(13)6-12/h7-8,11,13-15,19,21-22H,12H2,1-6H3;1,3-5,10,12-13H,6H2. The molecule has 0 fully saturated rings. The molecule has 2 aromatic carbocycles. The van der Waals surface area contributed by atoms with Crippen LogP contribution in [0, 0.1) is 35.4 Å². The van der Waals surface area contributed by atoms with E-state index in [0.29, 0.717) is 27.8 Å². The first kappa shape index (κ1) is 31.5. The minimum atomic E-state index is -1.84. The molecule has 0 aliphatic rings. The Kier molecular flexibility index (Phi) is 12.5. The van der Waals surface area contributed by atoms with Crippen molar-refractivity contribution in [2.24, 2.45) is 0 Å². The summed E-state index contributed by atoms with van der Waals surface area (Å²) in [5.74, 6) is 4.33. The minimum Gasteiger partial charge on any atom is -0.393 e. The van der Waals surface area contributed by atoms with Gasteiger partial charge in [0, 0.05) is 22.3 Å². The van der Waals surface area contributed by atoms with Crippen LogP contribution in [-0.2, 0) is 0 Å². The number of terminal acetylenes is 1. The lowest BCUT2D eigenvalue weighted by Gasteiger charge is -2.38. The van der Waals surface area contributed by atoms with Crippen molar-refractivity contribution in [3.63, 3.8) is 0 Å². The molecule has 0 amide bonds. The van der Waals surface area contributed by atoms with Crippen LogP contribution < -0.4 is 0 Å². The molecule has 0 spiro atoms. The minimum absolute atomic E-state index is 0.0569. The van der Waals surface area contributed by atoms with Crippen LogP contribution in [0.15, 0.2) is 36.4 Å². The topological polar surface area (TPSA) is 80.9 Å². The van der Waals surface area contributed by atoms with Crippen molar-refractivity contribution in [3.8, 4) is 23.8 Å². The Morgan fingerprint density at radius 3 is 1.47 bits per heavy atom. The van der Waals surface area contributed by atoms with Crippen molar-refractivity contribution in [3.05, 3.63) is 70.3 Å². The lowest BCUT2D eigenvalue weighted by molar-refractivity contribution is 0.0926. The van der Waals surface area contributed by atoms with Crippen molar-refractivity contribution in [1.82, 2.24) is 0 Å². The number of aliphatic hydroxyl groups is 4. The molecule has 0 aliphatic carbocycles. The van der Waals surface area contributed by atoms with Gasteiger partial charge >= 0.3 is 0 Å². The van der Waals surface area contributed by atoms with Gasteiger partial charge in [0.1, 0.15) is 31.9 Å². The van der Waals surface area contributed by atoms with Gasteiger partial charge in [0.25, 0.3) is 0 Å². The van der Waals surface area contributed by atoms with Gasteiger partial charge in [-0.05, 0) is 40.9 Å². The van der Waals surface area contributed by atoms with Crippen LogP contribution in [0.1, 0.15) is 76.0 Å². The zero-order valence-corrected chi connectivity index (χ0v) is 22.9. The van der Waals surface area contributed by atoms with E-state index < -0.39 is 45.1 Å². The number of halogens is 2. The number of hydrogen-bond donors (Lipinski definition) is 4. The van der Waals surface area contributed by atoms with E-state index in [2.05, 4.69) is 58.9 Å². The van der Waals surface area contributed by atoms with E-state index in [1.165, 1.54) is 24.3 Å². The Morgan fingerprint density at radius 1 is 0.750 bits per heavy atom. The normalized spacial score (nSPS) is 12.9. The first-order chi connectivity index (χ1) is 16.8. The maximum absolute atomic E-state index is 14.1. The van der Waals surface area contributed by atoms with Crippen LogP contribution in [0.2, 0.25) is 16.6 Å². The van der Waals surface area contributed by atoms with E-state index in [9.17, 15) is 13.9 Å². The van der Waals surface area contributed by atoms with Gasteiger partial charge in [0.05, 0.1) is 13.2 Å². The van der Waals surface area contributed by atoms with Crippen LogP contribution >= 0.6 is 0 Å². The van der Waals surface area contributed by atoms with Gasteiger partial charge in [-0.1, -0.05) is 65.5 Å². The molecule has 7 heteroatoms. The van der Waals surface area contributed by atoms with Gasteiger partial charge in [-0.3, -0.25) is 0 Å². The lowest BCUT2D eigenvalue weighted by Crippen LogP contribution is -2.43. The molecule has 196 valence electrons. The molecule has 0 saturated carbocycles. The molecule has 0 saturated heterocycles. The van der Waals surface area contributed by atoms with Crippen LogP contribution in [0.5, 0.6) is 0 Å². The zero-order valence-electron chi connectivity index (χ0n) is 21.9. The Morgan fingerprint density at radius 2 is 1.14 bits per heavy atom. The fourth-order valence-electron chi connectivity index (χ4n) is 4.57. The van der Waals surface area contributed by atoms with Crippen molar-refractivity contribution in [2.75, 3.05) is 13.2 Å². The van der Waals surface area contributed by atoms with Crippen molar-refractivity contribution in [2.45, 2.75) is 70.4 Å². The quantitative estimate of drug-likeness (QED) is 0.299. The Balaban J connectivity index is 0.000000420. The van der Waals surface area contributed by atoms with Gasteiger partial charge in [0.2, 0.25) is 0 Å². The van der Waals surface area contributed by atoms with Crippen LogP contribution in [-0.4, -0.2) is 41.7 Å². The molecule has 2 atom stereocenters. The summed E-state index contributed by atoms with van der Waals surface area (Å²) in [5.41, 5.74) is 6.31. The molecule has 36 heavy (non-hydrogen) atoms. The largest absolute Gasteiger partial charge is 0.393 e. The average Bonchev–Trinajstić information content (AvgIpc) is 2.83. The van der Waals surface area contributed by atoms with E-state index in [1.54, 1.807) is 6.07 Å². The first-order valence-corrected chi connectivity index (χ1v) is 14.2. The zero-order chi connectivity index (χ0) is 27.6. The third-order valence-electron chi connectivity index (χ3n) is 6.52. The molecule has 0 bridgehead atoms. The summed E-state index contributed by atoms with van der Waals surface area (Å²) < 4.78 is 27.2. The molecular formula is C29H38F2O4Si. The summed E-state index contributed by atoms with van der Waals surface area (Å²) in [6, 6.07) is 8.59. The SMILES string of the molecule is C#Cc1ccc(C(O)CO)c(F)c1.CC(C)[Si](C#Cc1ccc(C(O)CO)c(F)c1)(C(C)C)C(C)C. The third-order valence-corrected chi connectivity index (χ3v) is 12.8. The van der Waals surface area contributed by atoms with Gasteiger partial charge < -0.3 is 20.4 Å². The lowest BCUT2D eigenvalue weighted by atomic mass is 10.1. The monoisotopic (exact) mass is 516 g/mol. The van der Waals surface area contributed by atoms with Gasteiger partial charge in [-0.25, -0.2) is 8.78 Å². The number of benzene rings is 2. The van der Waals surface area contributed by atoms with Gasteiger partial charge in [-0.2, -0.15) is 0 Å². The molecule has 0 heterocycles. The average molecular weight is 517 g/mol. The van der Waals surface area contributed by atoms with Crippen LogP contribution in [0.25, 0.3) is 0 Å². The van der Waals surface area contributed by atoms with E-state index in [-0.39, 0.29) is 11.1 Å². The Hall–Kier alpha value is -2.52. The molecule has 0 radical (unpaired) electrons. The molecule has 0 aromatic heterocycles. The fraction of sp³-hybridized carbons (Fsp3) is 0.448. The van der Waals surface area contributed by atoms with Crippen LogP contribution in [0.4, 0.5) is 8.78 Å². The summed E-state index contributed by atoms with van der Waals surface area (Å²) in [7, 11) is -1.84. The first-order valence-electron chi connectivity index (χ1n) is 12.0. The van der Waals surface area contributed by atoms with E-state index in [1.807, 2.05) is 0 Å². The highest BCUT2D eigenvalue weighted by atomic mass is 28.3. The number of hydrogen-bond acceptors (Lipinski definition) is 4. The second-order valence-corrected chi connectivity index (χ2v) is 15.2. The predicted octanol–water partition coefficient (Wildman–Crippen LogP) is 5.25. The summed E-state index contributed by atoms with van der Waals surface area (Å²) in [5, 5.41) is 36.2. The number of aliphatic hydroxyl groups excluding tert-OH is 4. The second kappa shape index (κ2) is 14.3. The highest BCUT2D eigenvalue weighted by Gasteiger charge is 2.41. The molecule has 4 nitrogen and oxygen atoms in total. The van der Waals surface area contributed by atoms with Crippen molar-refractivity contribution >= 4 is 8.07 Å². The summed E-state index contributed by atoms with van der Waals surface area (Å²) in [6.07, 6.45) is 2.67. The van der Waals surface area contributed by atoms with Crippen molar-refractivity contribution < 1.29 is 29.2 Å². The maximum Gasteiger partial charge on any atom is 0.146 e. The predicted molar refractivity (Wildman–Crippen MR) is 143 cm³/mol. The Bertz CT molecular complexity index is 1070. The number of rotatable bonds is 7. The summed E-state index contributed by atoms with van der Waals surface area (Å²) >= 11 is 0. The molecule has 2 unspecified atom stereocenters. The van der Waals surface area contributed by atoms with Crippen molar-refractivity contribution in [1.29, 1.82) is 0 Å². The van der Waals surface area contributed by atoms with Gasteiger partial charge in [0.15, 0.2) is 0 Å². The van der Waals surface area contributed by atoms with Crippen LogP contribution in [0.3, 0.4) is 0 Å². The molecular weight excluding hydrogens is 478 g/mol. The Labute approximate surface area is 215 Å². The van der Waals surface area contributed by atoms with E-state index >= 15 is 0 Å². The molecule has 2 aromatic rings. The maximum atomic E-state index is 14.1. The fourth-order valence-corrected chi connectivity index (χ4v) is 9.80. The summed E-state index contributed by atoms with van der Waals surface area (Å²) in [6.45, 7) is 12.4. The second-order valence-electron chi connectivity index (χ2n) is 9.66. The molecule has 4 N–H and O–H groups in total. The highest BCUT2D eigenvalue weighted by Crippen LogP contribution is 2.40. The summed E-state index contributed by atoms with van der Waals surface area (Å²) in [4.78, 5) is 0. The molecule has 2 rings (SSSR count). The smallest absolute Gasteiger partial charge is 0.146 e. The molecule has 0 aliphatic heterocycles. The third kappa shape index (κ3) is 7.74. The van der Waals surface area contributed by atoms with Gasteiger partial charge in [-0.15, -0.1) is 12.0 Å². The highest BCUT2D eigenvalue weighted by molar-refractivity contribution is 6.90. The van der Waals surface area contributed by atoms with E-state index in [4.69, 9.17) is 21.7 Å². The van der Waals surface area contributed by atoms with E-state index in [0.717, 1.165) is 6.07 Å².